The number of ether oxygens (including phenoxy) is 1. The first-order valence-corrected chi connectivity index (χ1v) is 9.76. The van der Waals surface area contributed by atoms with Gasteiger partial charge in [-0.05, 0) is 62.7 Å². The highest BCUT2D eigenvalue weighted by molar-refractivity contribution is 5.94. The zero-order chi connectivity index (χ0) is 19.5. The lowest BCUT2D eigenvalue weighted by atomic mass is 10.0. The Balaban J connectivity index is 0.00000160. The molecule has 30 heavy (non-hydrogen) atoms. The maximum absolute atomic E-state index is 12.7. The van der Waals surface area contributed by atoms with Gasteiger partial charge in [0, 0.05) is 37.1 Å². The largest absolute Gasteiger partial charge is 0.487 e. The predicted molar refractivity (Wildman–Crippen MR) is 123 cm³/mol. The van der Waals surface area contributed by atoms with Crippen molar-refractivity contribution in [2.75, 3.05) is 20.1 Å². The Labute approximate surface area is 189 Å². The number of amides is 1. The minimum atomic E-state index is 0. The second-order valence-electron chi connectivity index (χ2n) is 7.40. The number of pyridine rings is 1. The van der Waals surface area contributed by atoms with Gasteiger partial charge in [-0.15, -0.1) is 24.8 Å². The summed E-state index contributed by atoms with van der Waals surface area (Å²) >= 11 is 0. The van der Waals surface area contributed by atoms with E-state index >= 15 is 0 Å². The third-order valence-electron chi connectivity index (χ3n) is 5.25. The number of aryl methyl sites for hydroxylation is 1. The number of likely N-dealkylation sites (N-methyl/N-ethyl adjacent to an activating group) is 1. The van der Waals surface area contributed by atoms with Crippen LogP contribution in [-0.4, -0.2) is 46.4 Å². The molecule has 1 aliphatic heterocycles. The molecule has 1 fully saturated rings. The number of carbonyl (C=O) groups excluding carboxylic acids is 1. The third-order valence-corrected chi connectivity index (χ3v) is 5.25. The Kier molecular flexibility index (Phi) is 8.53. The smallest absolute Gasteiger partial charge is 0.253 e. The van der Waals surface area contributed by atoms with Crippen LogP contribution < -0.4 is 10.1 Å². The predicted octanol–water partition coefficient (Wildman–Crippen LogP) is 3.89. The average Bonchev–Trinajstić information content (AvgIpc) is 3.14. The Bertz CT molecular complexity index is 975. The fraction of sp³-hybridized carbons (Fsp3) is 0.364. The lowest BCUT2D eigenvalue weighted by Crippen LogP contribution is -2.46. The van der Waals surface area contributed by atoms with E-state index in [2.05, 4.69) is 17.2 Å². The van der Waals surface area contributed by atoms with Gasteiger partial charge >= 0.3 is 0 Å². The Morgan fingerprint density at radius 3 is 2.67 bits per heavy atom. The molecule has 3 heterocycles. The van der Waals surface area contributed by atoms with Gasteiger partial charge in [0.1, 0.15) is 18.0 Å². The molecule has 6 nitrogen and oxygen atoms in total. The molecule has 162 valence electrons. The van der Waals surface area contributed by atoms with E-state index in [9.17, 15) is 4.79 Å². The number of rotatable bonds is 5. The highest BCUT2D eigenvalue weighted by Crippen LogP contribution is 2.18. The van der Waals surface area contributed by atoms with Crippen molar-refractivity contribution in [3.63, 3.8) is 0 Å². The summed E-state index contributed by atoms with van der Waals surface area (Å²) in [7, 11) is 1.95. The first kappa shape index (κ1) is 24.0. The average molecular weight is 451 g/mol. The van der Waals surface area contributed by atoms with Crippen molar-refractivity contribution < 1.29 is 9.53 Å². The van der Waals surface area contributed by atoms with Crippen LogP contribution in [0.15, 0.2) is 48.8 Å². The van der Waals surface area contributed by atoms with Gasteiger partial charge in [-0.3, -0.25) is 4.79 Å². The number of halogens is 2. The summed E-state index contributed by atoms with van der Waals surface area (Å²) in [6.45, 7) is 4.04. The molecule has 0 saturated carbocycles. The number of piperidine rings is 1. The van der Waals surface area contributed by atoms with Gasteiger partial charge in [0.15, 0.2) is 0 Å². The monoisotopic (exact) mass is 450 g/mol. The number of nitrogens with one attached hydrogen (secondary N) is 1. The fourth-order valence-electron chi connectivity index (χ4n) is 3.66. The lowest BCUT2D eigenvalue weighted by Gasteiger charge is -2.32. The zero-order valence-corrected chi connectivity index (χ0v) is 18.8. The normalized spacial score (nSPS) is 15.9. The molecule has 2 aromatic heterocycles. The first-order chi connectivity index (χ1) is 13.6. The highest BCUT2D eigenvalue weighted by Gasteiger charge is 2.23. The van der Waals surface area contributed by atoms with E-state index in [4.69, 9.17) is 4.74 Å². The van der Waals surface area contributed by atoms with Crippen LogP contribution >= 0.6 is 24.8 Å². The van der Waals surface area contributed by atoms with Crippen LogP contribution in [-0.2, 0) is 6.61 Å². The minimum absolute atomic E-state index is 0. The SMILES string of the molecule is CNC1CCCN(C(=O)c2ccc(OCc3cn4cc(C)ccc4n3)cc2)C1.Cl.Cl. The molecule has 1 aliphatic rings. The molecule has 1 amide bonds. The summed E-state index contributed by atoms with van der Waals surface area (Å²) in [6, 6.07) is 11.8. The van der Waals surface area contributed by atoms with E-state index in [1.165, 1.54) is 5.56 Å². The molecular formula is C22H28Cl2N4O2. The maximum atomic E-state index is 12.7. The Morgan fingerprint density at radius 1 is 1.17 bits per heavy atom. The first-order valence-electron chi connectivity index (χ1n) is 9.76. The van der Waals surface area contributed by atoms with Gasteiger partial charge in [-0.2, -0.15) is 0 Å². The number of fused-ring (bicyclic) bond motifs is 1. The van der Waals surface area contributed by atoms with E-state index in [0.717, 1.165) is 43.0 Å². The van der Waals surface area contributed by atoms with Crippen molar-refractivity contribution in [1.82, 2.24) is 19.6 Å². The molecule has 1 N–H and O–H groups in total. The number of aromatic nitrogens is 2. The topological polar surface area (TPSA) is 58.9 Å². The molecule has 0 spiro atoms. The highest BCUT2D eigenvalue weighted by atomic mass is 35.5. The Morgan fingerprint density at radius 2 is 1.93 bits per heavy atom. The van der Waals surface area contributed by atoms with Crippen molar-refractivity contribution >= 4 is 36.4 Å². The molecule has 1 atom stereocenters. The summed E-state index contributed by atoms with van der Waals surface area (Å²) in [5.41, 5.74) is 3.67. The standard InChI is InChI=1S/C22H26N4O2.2ClH/c1-16-5-10-21-24-19(14-26(21)12-16)15-28-20-8-6-17(7-9-20)22(27)25-11-3-4-18(13-25)23-2;;/h5-10,12,14,18,23H,3-4,11,13,15H2,1-2H3;2*1H. The molecule has 4 rings (SSSR count). The van der Waals surface area contributed by atoms with Crippen molar-refractivity contribution in [3.8, 4) is 5.75 Å². The molecule has 3 aromatic rings. The lowest BCUT2D eigenvalue weighted by molar-refractivity contribution is 0.0698. The number of imidazole rings is 1. The summed E-state index contributed by atoms with van der Waals surface area (Å²) in [5, 5.41) is 3.27. The number of hydrogen-bond acceptors (Lipinski definition) is 4. The van der Waals surface area contributed by atoms with Gasteiger partial charge in [0.25, 0.3) is 5.91 Å². The molecule has 1 saturated heterocycles. The third kappa shape index (κ3) is 5.45. The molecular weight excluding hydrogens is 423 g/mol. The maximum Gasteiger partial charge on any atom is 0.253 e. The van der Waals surface area contributed by atoms with Crippen molar-refractivity contribution in [2.45, 2.75) is 32.4 Å². The van der Waals surface area contributed by atoms with Crippen LogP contribution in [0.25, 0.3) is 5.65 Å². The van der Waals surface area contributed by atoms with Crippen LogP contribution in [0.2, 0.25) is 0 Å². The van der Waals surface area contributed by atoms with Crippen molar-refractivity contribution in [2.24, 2.45) is 0 Å². The fourth-order valence-corrected chi connectivity index (χ4v) is 3.66. The van der Waals surface area contributed by atoms with Gasteiger partial charge in [0.2, 0.25) is 0 Å². The minimum Gasteiger partial charge on any atom is -0.487 e. The molecule has 0 bridgehead atoms. The van der Waals surface area contributed by atoms with Crippen molar-refractivity contribution in [1.29, 1.82) is 0 Å². The Hall–Kier alpha value is -2.28. The van der Waals surface area contributed by atoms with Crippen LogP contribution in [0.1, 0.15) is 34.5 Å². The summed E-state index contributed by atoms with van der Waals surface area (Å²) < 4.78 is 7.86. The van der Waals surface area contributed by atoms with Gasteiger partial charge in [0.05, 0.1) is 5.69 Å². The van der Waals surface area contributed by atoms with E-state index in [0.29, 0.717) is 18.2 Å². The van der Waals surface area contributed by atoms with Crippen LogP contribution in [0.4, 0.5) is 0 Å². The van der Waals surface area contributed by atoms with Crippen molar-refractivity contribution in [3.05, 3.63) is 65.6 Å². The molecule has 1 unspecified atom stereocenters. The second kappa shape index (κ2) is 10.7. The number of hydrogen-bond donors (Lipinski definition) is 1. The van der Waals surface area contributed by atoms with Crippen LogP contribution in [0, 0.1) is 6.92 Å². The summed E-state index contributed by atoms with van der Waals surface area (Å²) in [4.78, 5) is 19.2. The van der Waals surface area contributed by atoms with Gasteiger partial charge in [-0.1, -0.05) is 6.07 Å². The van der Waals surface area contributed by atoms with Gasteiger partial charge in [-0.25, -0.2) is 4.98 Å². The second-order valence-corrected chi connectivity index (χ2v) is 7.40. The summed E-state index contributed by atoms with van der Waals surface area (Å²) in [5.74, 6) is 0.818. The number of benzene rings is 1. The molecule has 8 heteroatoms. The quantitative estimate of drug-likeness (QED) is 0.640. The van der Waals surface area contributed by atoms with E-state index in [1.54, 1.807) is 0 Å². The number of nitrogens with zero attached hydrogens (tertiary/aromatic N) is 3. The number of likely N-dealkylation sites (tertiary alicyclic amines) is 1. The summed E-state index contributed by atoms with van der Waals surface area (Å²) in [6.07, 6.45) is 6.19. The molecule has 0 aliphatic carbocycles. The zero-order valence-electron chi connectivity index (χ0n) is 17.2. The van der Waals surface area contributed by atoms with E-state index in [1.807, 2.05) is 65.1 Å². The van der Waals surface area contributed by atoms with Crippen LogP contribution in [0.3, 0.4) is 0 Å². The van der Waals surface area contributed by atoms with Gasteiger partial charge < -0.3 is 19.4 Å². The molecule has 0 radical (unpaired) electrons. The molecule has 1 aromatic carbocycles. The number of carbonyl (C=O) groups is 1. The van der Waals surface area contributed by atoms with Crippen LogP contribution in [0.5, 0.6) is 5.75 Å². The van der Waals surface area contributed by atoms with E-state index in [-0.39, 0.29) is 30.7 Å². The van der Waals surface area contributed by atoms with E-state index < -0.39 is 0 Å².